The van der Waals surface area contributed by atoms with Crippen molar-refractivity contribution < 1.29 is 19.1 Å². The van der Waals surface area contributed by atoms with Gasteiger partial charge in [0.1, 0.15) is 17.9 Å². The summed E-state index contributed by atoms with van der Waals surface area (Å²) < 4.78 is 11.5. The fourth-order valence-electron chi connectivity index (χ4n) is 5.44. The Hall–Kier alpha value is -3.57. The van der Waals surface area contributed by atoms with E-state index >= 15 is 0 Å². The molecule has 3 saturated heterocycles. The summed E-state index contributed by atoms with van der Waals surface area (Å²) in [5.41, 5.74) is 3.10. The van der Waals surface area contributed by atoms with Crippen molar-refractivity contribution in [2.75, 3.05) is 47.5 Å². The average molecular weight is 583 g/mol. The Balaban J connectivity index is 1.30. The maximum atomic E-state index is 12.3. The Morgan fingerprint density at radius 3 is 2.77 bits per heavy atom. The normalized spacial score (nSPS) is 21.5. The van der Waals surface area contributed by atoms with Crippen LogP contribution in [0.2, 0.25) is 10.0 Å². The van der Waals surface area contributed by atoms with Crippen molar-refractivity contribution in [3.05, 3.63) is 71.0 Å². The van der Waals surface area contributed by atoms with Crippen molar-refractivity contribution in [1.82, 2.24) is 9.97 Å². The van der Waals surface area contributed by atoms with E-state index in [9.17, 15) is 4.79 Å². The van der Waals surface area contributed by atoms with E-state index in [0.29, 0.717) is 52.0 Å². The largest absolute Gasteiger partial charge is 0.494 e. The lowest BCUT2D eigenvalue weighted by Gasteiger charge is -2.31. The van der Waals surface area contributed by atoms with Crippen LogP contribution in [0.1, 0.15) is 24.4 Å². The number of hydroxylamine groups is 1. The second-order valence-corrected chi connectivity index (χ2v) is 10.6. The van der Waals surface area contributed by atoms with Gasteiger partial charge in [-0.3, -0.25) is 9.63 Å². The molecule has 0 saturated carbocycles. The SMILES string of the molecule is C=CC(=O)Nc1cc(Nc2cc(N3OCC[C@@H]3c3ccc(Cl)c(Cl)c3)ncn2)c(OC)cc1N1C[C@H]2C[C@@H]1CO2. The Morgan fingerprint density at radius 2 is 2.05 bits per heavy atom. The summed E-state index contributed by atoms with van der Waals surface area (Å²) in [6.45, 7) is 5.54. The number of hydrogen-bond acceptors (Lipinski definition) is 9. The Morgan fingerprint density at radius 1 is 1.18 bits per heavy atom. The topological polar surface area (TPSA) is 101 Å². The van der Waals surface area contributed by atoms with Crippen molar-refractivity contribution in [1.29, 1.82) is 0 Å². The molecule has 2 N–H and O–H groups in total. The number of ether oxygens (including phenoxy) is 2. The Labute approximate surface area is 241 Å². The number of carbonyl (C=O) groups is 1. The van der Waals surface area contributed by atoms with Crippen LogP contribution in [0.15, 0.2) is 55.4 Å². The van der Waals surface area contributed by atoms with Gasteiger partial charge in [0, 0.05) is 25.1 Å². The molecule has 0 spiro atoms. The molecule has 2 bridgehead atoms. The minimum atomic E-state index is -0.304. The summed E-state index contributed by atoms with van der Waals surface area (Å²) in [7, 11) is 1.61. The highest BCUT2D eigenvalue weighted by Gasteiger charge is 2.40. The van der Waals surface area contributed by atoms with Crippen LogP contribution in [-0.2, 0) is 14.4 Å². The molecule has 0 aliphatic carbocycles. The third-order valence-corrected chi connectivity index (χ3v) is 8.08. The van der Waals surface area contributed by atoms with Crippen LogP contribution in [0, 0.1) is 0 Å². The van der Waals surface area contributed by atoms with E-state index in [4.69, 9.17) is 37.5 Å². The zero-order valence-corrected chi connectivity index (χ0v) is 23.3. The molecule has 0 radical (unpaired) electrons. The monoisotopic (exact) mass is 582 g/mol. The molecule has 0 unspecified atom stereocenters. The lowest BCUT2D eigenvalue weighted by Crippen LogP contribution is -2.37. The first-order valence-electron chi connectivity index (χ1n) is 12.9. The molecule has 1 amide bonds. The number of morpholine rings is 1. The second kappa shape index (κ2) is 11.1. The van der Waals surface area contributed by atoms with Crippen LogP contribution in [0.4, 0.5) is 28.7 Å². The van der Waals surface area contributed by atoms with Crippen molar-refractivity contribution in [3.63, 3.8) is 0 Å². The van der Waals surface area contributed by atoms with Crippen molar-refractivity contribution in [2.24, 2.45) is 0 Å². The van der Waals surface area contributed by atoms with Crippen molar-refractivity contribution in [2.45, 2.75) is 31.0 Å². The van der Waals surface area contributed by atoms with E-state index in [0.717, 1.165) is 30.6 Å². The molecule has 2 aromatic carbocycles. The van der Waals surface area contributed by atoms with E-state index < -0.39 is 0 Å². The summed E-state index contributed by atoms with van der Waals surface area (Å²) in [6.07, 6.45) is 4.63. The van der Waals surface area contributed by atoms with Crippen LogP contribution >= 0.6 is 23.2 Å². The molecule has 4 heterocycles. The Kier molecular flexibility index (Phi) is 7.41. The van der Waals surface area contributed by atoms with Crippen LogP contribution < -0.4 is 25.3 Å². The van der Waals surface area contributed by atoms with E-state index in [1.54, 1.807) is 24.3 Å². The highest BCUT2D eigenvalue weighted by Crippen LogP contribution is 2.43. The molecule has 3 aliphatic rings. The summed E-state index contributed by atoms with van der Waals surface area (Å²) in [5, 5.41) is 9.01. The van der Waals surface area contributed by atoms with Gasteiger partial charge in [-0.1, -0.05) is 35.8 Å². The van der Waals surface area contributed by atoms with Gasteiger partial charge in [0.15, 0.2) is 5.82 Å². The van der Waals surface area contributed by atoms with Gasteiger partial charge in [-0.25, -0.2) is 15.0 Å². The molecular weight excluding hydrogens is 555 g/mol. The number of anilines is 5. The highest BCUT2D eigenvalue weighted by molar-refractivity contribution is 6.42. The van der Waals surface area contributed by atoms with Gasteiger partial charge in [-0.05, 0) is 36.3 Å². The third kappa shape index (κ3) is 5.15. The van der Waals surface area contributed by atoms with E-state index in [1.165, 1.54) is 12.4 Å². The first kappa shape index (κ1) is 26.6. The average Bonchev–Trinajstić information content (AvgIpc) is 3.73. The first-order valence-corrected chi connectivity index (χ1v) is 13.7. The molecule has 3 aliphatic heterocycles. The number of carbonyl (C=O) groups excluding carboxylic acids is 1. The number of aromatic nitrogens is 2. The number of hydrogen-bond donors (Lipinski definition) is 2. The zero-order valence-electron chi connectivity index (χ0n) is 21.8. The molecule has 12 heteroatoms. The fourth-order valence-corrected chi connectivity index (χ4v) is 5.75. The van der Waals surface area contributed by atoms with Gasteiger partial charge >= 0.3 is 0 Å². The lowest BCUT2D eigenvalue weighted by molar-refractivity contribution is -0.111. The van der Waals surface area contributed by atoms with Gasteiger partial charge in [0.2, 0.25) is 5.91 Å². The molecule has 10 nitrogen and oxygen atoms in total. The van der Waals surface area contributed by atoms with E-state index in [1.807, 2.05) is 24.3 Å². The quantitative estimate of drug-likeness (QED) is 0.332. The van der Waals surface area contributed by atoms with Crippen LogP contribution in [0.3, 0.4) is 0 Å². The van der Waals surface area contributed by atoms with Crippen LogP contribution in [-0.4, -0.2) is 54.9 Å². The van der Waals surface area contributed by atoms with Crippen LogP contribution in [0.5, 0.6) is 5.75 Å². The van der Waals surface area contributed by atoms with Gasteiger partial charge in [-0.15, -0.1) is 0 Å². The molecule has 1 aromatic heterocycles. The number of halogens is 2. The van der Waals surface area contributed by atoms with Gasteiger partial charge in [0.05, 0.1) is 65.6 Å². The lowest BCUT2D eigenvalue weighted by atomic mass is 10.0. The molecule has 3 aromatic rings. The molecule has 3 atom stereocenters. The zero-order chi connectivity index (χ0) is 27.8. The summed E-state index contributed by atoms with van der Waals surface area (Å²) in [6, 6.07) is 11.3. The molecular formula is C28H28Cl2N6O4. The minimum Gasteiger partial charge on any atom is -0.494 e. The van der Waals surface area contributed by atoms with Gasteiger partial charge in [0.25, 0.3) is 0 Å². The predicted molar refractivity (Wildman–Crippen MR) is 155 cm³/mol. The highest BCUT2D eigenvalue weighted by atomic mass is 35.5. The maximum absolute atomic E-state index is 12.3. The van der Waals surface area contributed by atoms with Gasteiger partial charge < -0.3 is 25.0 Å². The van der Waals surface area contributed by atoms with Crippen molar-refractivity contribution >= 4 is 57.8 Å². The number of nitrogens with one attached hydrogen (secondary N) is 2. The number of rotatable bonds is 8. The number of benzene rings is 2. The van der Waals surface area contributed by atoms with Gasteiger partial charge in [-0.2, -0.15) is 0 Å². The van der Waals surface area contributed by atoms with Crippen molar-refractivity contribution in [3.8, 4) is 5.75 Å². The molecule has 3 fully saturated rings. The predicted octanol–water partition coefficient (Wildman–Crippen LogP) is 5.52. The first-order chi connectivity index (χ1) is 19.4. The number of fused-ring (bicyclic) bond motifs is 2. The number of methoxy groups -OCH3 is 1. The number of nitrogens with zero attached hydrogens (tertiary/aromatic N) is 4. The standard InChI is InChI=1S/C28H28Cl2N6O4/c1-3-28(37)34-21-10-22(25(38-2)11-24(21)35-13-18-9-17(35)14-39-18)33-26-12-27(32-15-31-26)36-23(6-7-40-36)16-4-5-19(29)20(30)8-16/h3-5,8,10-12,15,17-18,23H,1,6-7,9,13-14H2,2H3,(H,34,37)(H,31,32,33)/t17-,18-,23-/m1/s1. The maximum Gasteiger partial charge on any atom is 0.247 e. The third-order valence-electron chi connectivity index (χ3n) is 7.35. The summed E-state index contributed by atoms with van der Waals surface area (Å²) in [4.78, 5) is 29.4. The summed E-state index contributed by atoms with van der Waals surface area (Å²) >= 11 is 12.4. The molecule has 208 valence electrons. The summed E-state index contributed by atoms with van der Waals surface area (Å²) in [5.74, 6) is 1.40. The van der Waals surface area contributed by atoms with E-state index in [-0.39, 0.29) is 24.1 Å². The molecule has 40 heavy (non-hydrogen) atoms. The number of amides is 1. The smallest absolute Gasteiger partial charge is 0.247 e. The van der Waals surface area contributed by atoms with E-state index in [2.05, 4.69) is 32.1 Å². The van der Waals surface area contributed by atoms with Crippen LogP contribution in [0.25, 0.3) is 0 Å². The fraction of sp³-hybridized carbons (Fsp3) is 0.321. The Bertz CT molecular complexity index is 1460. The second-order valence-electron chi connectivity index (χ2n) is 9.78. The minimum absolute atomic E-state index is 0.0909. The molecule has 6 rings (SSSR count).